The summed E-state index contributed by atoms with van der Waals surface area (Å²) in [4.78, 5) is 12.3. The molecule has 0 aliphatic rings. The number of carbonyl (C=O) groups excluding carboxylic acids is 1. The second-order valence-electron chi connectivity index (χ2n) is 4.76. The summed E-state index contributed by atoms with van der Waals surface area (Å²) in [5.74, 6) is -1.72. The van der Waals surface area contributed by atoms with E-state index < -0.39 is 30.5 Å². The molecule has 0 aliphatic carbocycles. The quantitative estimate of drug-likeness (QED) is 0.315. The Balaban J connectivity index is 2.31. The van der Waals surface area contributed by atoms with Crippen LogP contribution in [-0.2, 0) is 0 Å². The first-order chi connectivity index (χ1) is 12.3. The summed E-state index contributed by atoms with van der Waals surface area (Å²) >= 11 is 11.8. The number of alkyl halides is 4. The molecule has 0 saturated heterocycles. The van der Waals surface area contributed by atoms with Gasteiger partial charge in [0.15, 0.2) is 5.78 Å². The van der Waals surface area contributed by atoms with Crippen molar-refractivity contribution in [2.45, 2.75) is 13.2 Å². The van der Waals surface area contributed by atoms with E-state index in [-0.39, 0.29) is 15.6 Å². The van der Waals surface area contributed by atoms with Gasteiger partial charge in [-0.05, 0) is 35.9 Å². The van der Waals surface area contributed by atoms with E-state index in [1.165, 1.54) is 6.08 Å². The summed E-state index contributed by atoms with van der Waals surface area (Å²) in [5, 5.41) is 0.486. The van der Waals surface area contributed by atoms with E-state index in [1.54, 1.807) is 18.2 Å². The third kappa shape index (κ3) is 5.37. The monoisotopic (exact) mass is 408 g/mol. The minimum atomic E-state index is -3.25. The van der Waals surface area contributed by atoms with E-state index in [0.717, 1.165) is 24.3 Å². The zero-order valence-electron chi connectivity index (χ0n) is 12.8. The molecule has 9 heteroatoms. The van der Waals surface area contributed by atoms with Gasteiger partial charge in [0, 0.05) is 6.07 Å². The van der Waals surface area contributed by atoms with Gasteiger partial charge >= 0.3 is 13.2 Å². The van der Waals surface area contributed by atoms with Gasteiger partial charge in [0.1, 0.15) is 11.5 Å². The third-order valence-electron chi connectivity index (χ3n) is 3.06. The average Bonchev–Trinajstić information content (AvgIpc) is 2.55. The maximum Gasteiger partial charge on any atom is 0.387 e. The number of ether oxygens (including phenoxy) is 2. The Morgan fingerprint density at radius 1 is 1.00 bits per heavy atom. The van der Waals surface area contributed by atoms with Gasteiger partial charge in [-0.3, -0.25) is 4.79 Å². The highest BCUT2D eigenvalue weighted by atomic mass is 35.5. The van der Waals surface area contributed by atoms with Crippen LogP contribution in [0, 0.1) is 0 Å². The van der Waals surface area contributed by atoms with Crippen LogP contribution in [0.1, 0.15) is 15.9 Å². The molecule has 26 heavy (non-hydrogen) atoms. The second-order valence-corrected chi connectivity index (χ2v) is 5.54. The number of ketones is 1. The zero-order chi connectivity index (χ0) is 19.3. The molecule has 2 aromatic carbocycles. The van der Waals surface area contributed by atoms with Gasteiger partial charge in [-0.1, -0.05) is 35.3 Å². The summed E-state index contributed by atoms with van der Waals surface area (Å²) in [6.45, 7) is -6.41. The van der Waals surface area contributed by atoms with Crippen LogP contribution in [0.2, 0.25) is 10.0 Å². The van der Waals surface area contributed by atoms with Gasteiger partial charge in [-0.2, -0.15) is 17.6 Å². The average molecular weight is 409 g/mol. The number of carbonyl (C=O) groups is 1. The number of benzene rings is 2. The van der Waals surface area contributed by atoms with E-state index in [9.17, 15) is 22.4 Å². The first kappa shape index (κ1) is 20.1. The van der Waals surface area contributed by atoms with E-state index >= 15 is 0 Å². The Morgan fingerprint density at radius 3 is 2.35 bits per heavy atom. The lowest BCUT2D eigenvalue weighted by Gasteiger charge is -2.11. The van der Waals surface area contributed by atoms with Crippen molar-refractivity contribution in [3.8, 4) is 11.5 Å². The largest absolute Gasteiger partial charge is 0.435 e. The maximum absolute atomic E-state index is 12.5. The molecule has 0 spiro atoms. The van der Waals surface area contributed by atoms with Crippen LogP contribution in [-0.4, -0.2) is 19.0 Å². The fourth-order valence-electron chi connectivity index (χ4n) is 1.98. The molecule has 3 nitrogen and oxygen atoms in total. The predicted octanol–water partition coefficient (Wildman–Crippen LogP) is 6.09. The third-order valence-corrected chi connectivity index (χ3v) is 3.89. The number of rotatable bonds is 7. The zero-order valence-corrected chi connectivity index (χ0v) is 14.3. The van der Waals surface area contributed by atoms with Gasteiger partial charge < -0.3 is 9.47 Å². The molecule has 0 aromatic heterocycles. The minimum Gasteiger partial charge on any atom is -0.435 e. The molecular weight excluding hydrogens is 399 g/mol. The van der Waals surface area contributed by atoms with Gasteiger partial charge in [0.25, 0.3) is 0 Å². The lowest BCUT2D eigenvalue weighted by Crippen LogP contribution is -2.08. The summed E-state index contributed by atoms with van der Waals surface area (Å²) < 4.78 is 57.9. The van der Waals surface area contributed by atoms with Gasteiger partial charge in [0.05, 0.1) is 15.6 Å². The molecule has 0 N–H and O–H groups in total. The fourth-order valence-corrected chi connectivity index (χ4v) is 2.35. The molecule has 138 valence electrons. The molecule has 0 unspecified atom stereocenters. The Bertz CT molecular complexity index is 826. The molecule has 0 radical (unpaired) electrons. The van der Waals surface area contributed by atoms with E-state index in [1.807, 2.05) is 0 Å². The number of allylic oxidation sites excluding steroid dienone is 1. The summed E-state index contributed by atoms with van der Waals surface area (Å²) in [6, 6.07) is 7.62. The van der Waals surface area contributed by atoms with Crippen LogP contribution in [0.25, 0.3) is 6.08 Å². The summed E-state index contributed by atoms with van der Waals surface area (Å²) in [5.41, 5.74) is 0.169. The normalized spacial score (nSPS) is 11.4. The first-order valence-electron chi connectivity index (χ1n) is 6.98. The van der Waals surface area contributed by atoms with E-state index in [2.05, 4.69) is 9.47 Å². The van der Waals surface area contributed by atoms with Crippen molar-refractivity contribution >= 4 is 35.1 Å². The van der Waals surface area contributed by atoms with Crippen molar-refractivity contribution in [3.63, 3.8) is 0 Å². The van der Waals surface area contributed by atoms with Crippen LogP contribution in [0.5, 0.6) is 11.5 Å². The van der Waals surface area contributed by atoms with E-state index in [0.29, 0.717) is 5.56 Å². The van der Waals surface area contributed by atoms with Crippen LogP contribution >= 0.6 is 23.2 Å². The van der Waals surface area contributed by atoms with E-state index in [4.69, 9.17) is 23.2 Å². The van der Waals surface area contributed by atoms with Crippen LogP contribution < -0.4 is 9.47 Å². The topological polar surface area (TPSA) is 35.5 Å². The molecule has 0 amide bonds. The number of hydrogen-bond donors (Lipinski definition) is 0. The molecule has 0 heterocycles. The second kappa shape index (κ2) is 8.91. The molecule has 2 rings (SSSR count). The summed E-state index contributed by atoms with van der Waals surface area (Å²) in [7, 11) is 0. The lowest BCUT2D eigenvalue weighted by atomic mass is 10.1. The van der Waals surface area contributed by atoms with Crippen LogP contribution in [0.3, 0.4) is 0 Å². The highest BCUT2D eigenvalue weighted by Gasteiger charge is 2.17. The van der Waals surface area contributed by atoms with Crippen molar-refractivity contribution in [2.75, 3.05) is 0 Å². The van der Waals surface area contributed by atoms with Crippen molar-refractivity contribution < 1.29 is 31.8 Å². The standard InChI is InChI=1S/C17H10Cl2F4O3/c18-12-3-1-2-9(15(12)19)4-7-13(24)11-6-5-10(25-16(20)21)8-14(11)26-17(22)23/h1-8,16-17H/b7-4+. The molecule has 0 aliphatic heterocycles. The van der Waals surface area contributed by atoms with Crippen molar-refractivity contribution in [1.29, 1.82) is 0 Å². The number of hydrogen-bond acceptors (Lipinski definition) is 3. The van der Waals surface area contributed by atoms with Gasteiger partial charge in [-0.25, -0.2) is 0 Å². The Labute approximate surface area is 155 Å². The summed E-state index contributed by atoms with van der Waals surface area (Å²) in [6.07, 6.45) is 2.41. The minimum absolute atomic E-state index is 0.211. The maximum atomic E-state index is 12.5. The lowest BCUT2D eigenvalue weighted by molar-refractivity contribution is -0.0544. The van der Waals surface area contributed by atoms with Gasteiger partial charge in [0.2, 0.25) is 0 Å². The Hall–Kier alpha value is -2.25. The van der Waals surface area contributed by atoms with Crippen LogP contribution in [0.15, 0.2) is 42.5 Å². The van der Waals surface area contributed by atoms with Crippen LogP contribution in [0.4, 0.5) is 17.6 Å². The highest BCUT2D eigenvalue weighted by molar-refractivity contribution is 6.42. The SMILES string of the molecule is O=C(/C=C/c1cccc(Cl)c1Cl)c1ccc(OC(F)F)cc1OC(F)F. The predicted molar refractivity (Wildman–Crippen MR) is 89.5 cm³/mol. The molecular formula is C17H10Cl2F4O3. The molecule has 0 fully saturated rings. The van der Waals surface area contributed by atoms with Crippen molar-refractivity contribution in [3.05, 3.63) is 63.6 Å². The Kier molecular flexibility index (Phi) is 6.88. The molecule has 0 atom stereocenters. The highest BCUT2D eigenvalue weighted by Crippen LogP contribution is 2.29. The Morgan fingerprint density at radius 2 is 1.69 bits per heavy atom. The number of halogens is 6. The molecule has 0 saturated carbocycles. The van der Waals surface area contributed by atoms with Crippen molar-refractivity contribution in [1.82, 2.24) is 0 Å². The first-order valence-corrected chi connectivity index (χ1v) is 7.73. The smallest absolute Gasteiger partial charge is 0.387 e. The fraction of sp³-hybridized carbons (Fsp3) is 0.118. The molecule has 2 aromatic rings. The van der Waals surface area contributed by atoms with Gasteiger partial charge in [-0.15, -0.1) is 0 Å². The molecule has 0 bridgehead atoms. The van der Waals surface area contributed by atoms with Crippen molar-refractivity contribution in [2.24, 2.45) is 0 Å².